The Balaban J connectivity index is 4.17. The van der Waals surface area contributed by atoms with E-state index < -0.39 is 0 Å². The van der Waals surface area contributed by atoms with Gasteiger partial charge in [0.25, 0.3) is 0 Å². The molecule has 82 valence electrons. The van der Waals surface area contributed by atoms with Crippen LogP contribution in [0.3, 0.4) is 0 Å². The van der Waals surface area contributed by atoms with Crippen LogP contribution in [0.1, 0.15) is 40.0 Å². The van der Waals surface area contributed by atoms with Gasteiger partial charge in [0, 0.05) is 5.54 Å². The summed E-state index contributed by atoms with van der Waals surface area (Å²) in [7, 11) is 0. The molecule has 0 aromatic rings. The fourth-order valence-corrected chi connectivity index (χ4v) is 1.01. The maximum Gasteiger partial charge on any atom is 0.228 e. The fourth-order valence-electron chi connectivity index (χ4n) is 1.01. The smallest absolute Gasteiger partial charge is 0.228 e. The highest BCUT2D eigenvalue weighted by atomic mass is 16.4. The Morgan fingerprint density at radius 3 is 2.36 bits per heavy atom. The van der Waals surface area contributed by atoms with Crippen LogP contribution in [0.2, 0.25) is 0 Å². The third kappa shape index (κ3) is 4.11. The first kappa shape index (κ1) is 12.7. The van der Waals surface area contributed by atoms with E-state index in [2.05, 4.69) is 10.5 Å². The number of hydrogen-bond acceptors (Lipinski definition) is 3. The number of hydrogen-bond donors (Lipinski definition) is 3. The molecule has 4 N–H and O–H groups in total. The van der Waals surface area contributed by atoms with Crippen molar-refractivity contribution in [2.24, 2.45) is 10.9 Å². The Morgan fingerprint density at radius 2 is 2.00 bits per heavy atom. The van der Waals surface area contributed by atoms with Gasteiger partial charge in [-0.05, 0) is 19.8 Å². The topological polar surface area (TPSA) is 87.7 Å². The van der Waals surface area contributed by atoms with Crippen molar-refractivity contribution in [3.05, 3.63) is 0 Å². The molecule has 0 aliphatic carbocycles. The molecule has 5 heteroatoms. The largest absolute Gasteiger partial charge is 0.409 e. The number of rotatable bonds is 5. The Bertz CT molecular complexity index is 222. The lowest BCUT2D eigenvalue weighted by Crippen LogP contribution is -2.46. The van der Waals surface area contributed by atoms with Crippen LogP contribution in [-0.2, 0) is 4.79 Å². The second-order valence-corrected chi connectivity index (χ2v) is 3.58. The first-order chi connectivity index (χ1) is 6.47. The average molecular weight is 201 g/mol. The summed E-state index contributed by atoms with van der Waals surface area (Å²) in [6, 6.07) is 0. The van der Waals surface area contributed by atoms with Gasteiger partial charge in [-0.3, -0.25) is 4.79 Å². The molecule has 0 unspecified atom stereocenters. The standard InChI is InChI=1S/C9H19N3O2/c1-4-9(3,5-2)11-8(13)6-7(10)12-14/h14H,4-6H2,1-3H3,(H2,10,12)(H,11,13). The molecule has 14 heavy (non-hydrogen) atoms. The maximum atomic E-state index is 11.4. The number of nitrogens with one attached hydrogen (secondary N) is 1. The highest BCUT2D eigenvalue weighted by Gasteiger charge is 2.21. The van der Waals surface area contributed by atoms with Gasteiger partial charge < -0.3 is 16.3 Å². The van der Waals surface area contributed by atoms with Gasteiger partial charge in [-0.2, -0.15) is 0 Å². The molecular weight excluding hydrogens is 182 g/mol. The monoisotopic (exact) mass is 201 g/mol. The van der Waals surface area contributed by atoms with E-state index in [1.54, 1.807) is 0 Å². The summed E-state index contributed by atoms with van der Waals surface area (Å²) in [4.78, 5) is 11.4. The maximum absolute atomic E-state index is 11.4. The van der Waals surface area contributed by atoms with E-state index in [-0.39, 0.29) is 23.7 Å². The molecule has 0 atom stereocenters. The highest BCUT2D eigenvalue weighted by Crippen LogP contribution is 2.13. The van der Waals surface area contributed by atoms with Crippen LogP contribution >= 0.6 is 0 Å². The Kier molecular flexibility index (Phi) is 4.97. The molecule has 0 radical (unpaired) electrons. The van der Waals surface area contributed by atoms with Gasteiger partial charge in [-0.15, -0.1) is 0 Å². The molecule has 0 saturated heterocycles. The summed E-state index contributed by atoms with van der Waals surface area (Å²) in [5.74, 6) is -0.288. The summed E-state index contributed by atoms with van der Waals surface area (Å²) in [5.41, 5.74) is 5.01. The molecule has 0 heterocycles. The summed E-state index contributed by atoms with van der Waals surface area (Å²) in [6.45, 7) is 5.98. The van der Waals surface area contributed by atoms with E-state index >= 15 is 0 Å². The zero-order valence-corrected chi connectivity index (χ0v) is 9.00. The Hall–Kier alpha value is -1.26. The average Bonchev–Trinajstić information content (AvgIpc) is 2.17. The molecule has 1 amide bonds. The quantitative estimate of drug-likeness (QED) is 0.266. The fraction of sp³-hybridized carbons (Fsp3) is 0.778. The summed E-state index contributed by atoms with van der Waals surface area (Å²) in [5, 5.41) is 13.9. The Morgan fingerprint density at radius 1 is 1.50 bits per heavy atom. The van der Waals surface area contributed by atoms with Crippen LogP contribution in [-0.4, -0.2) is 22.5 Å². The van der Waals surface area contributed by atoms with Crippen molar-refractivity contribution in [1.29, 1.82) is 0 Å². The first-order valence-corrected chi connectivity index (χ1v) is 4.74. The molecule has 0 bridgehead atoms. The van der Waals surface area contributed by atoms with Crippen molar-refractivity contribution < 1.29 is 10.0 Å². The van der Waals surface area contributed by atoms with Crippen molar-refractivity contribution in [3.8, 4) is 0 Å². The first-order valence-electron chi connectivity index (χ1n) is 4.74. The van der Waals surface area contributed by atoms with Gasteiger partial charge in [0.1, 0.15) is 5.84 Å². The second-order valence-electron chi connectivity index (χ2n) is 3.58. The van der Waals surface area contributed by atoms with Crippen molar-refractivity contribution in [3.63, 3.8) is 0 Å². The molecule has 0 aromatic carbocycles. The lowest BCUT2D eigenvalue weighted by Gasteiger charge is -2.28. The van der Waals surface area contributed by atoms with Crippen LogP contribution in [0, 0.1) is 0 Å². The lowest BCUT2D eigenvalue weighted by molar-refractivity contribution is -0.121. The third-order valence-corrected chi connectivity index (χ3v) is 2.47. The van der Waals surface area contributed by atoms with E-state index in [1.807, 2.05) is 20.8 Å². The van der Waals surface area contributed by atoms with Crippen LogP contribution in [0.4, 0.5) is 0 Å². The van der Waals surface area contributed by atoms with Gasteiger partial charge >= 0.3 is 0 Å². The zero-order chi connectivity index (χ0) is 11.2. The van der Waals surface area contributed by atoms with E-state index in [0.29, 0.717) is 0 Å². The van der Waals surface area contributed by atoms with Crippen molar-refractivity contribution >= 4 is 11.7 Å². The lowest BCUT2D eigenvalue weighted by atomic mass is 9.95. The number of oxime groups is 1. The number of nitrogens with zero attached hydrogens (tertiary/aromatic N) is 1. The van der Waals surface area contributed by atoms with E-state index in [1.165, 1.54) is 0 Å². The second kappa shape index (κ2) is 5.47. The number of nitrogens with two attached hydrogens (primary N) is 1. The van der Waals surface area contributed by atoms with Crippen LogP contribution in [0.15, 0.2) is 5.16 Å². The van der Waals surface area contributed by atoms with Gasteiger partial charge in [0.2, 0.25) is 5.91 Å². The van der Waals surface area contributed by atoms with Gasteiger partial charge in [0.15, 0.2) is 0 Å². The van der Waals surface area contributed by atoms with E-state index in [0.717, 1.165) is 12.8 Å². The summed E-state index contributed by atoms with van der Waals surface area (Å²) < 4.78 is 0. The third-order valence-electron chi connectivity index (χ3n) is 2.47. The normalized spacial score (nSPS) is 12.6. The van der Waals surface area contributed by atoms with Crippen LogP contribution < -0.4 is 11.1 Å². The zero-order valence-electron chi connectivity index (χ0n) is 9.00. The molecule has 0 saturated carbocycles. The number of amides is 1. The van der Waals surface area contributed by atoms with Gasteiger partial charge in [-0.25, -0.2) is 0 Å². The molecule has 0 fully saturated rings. The highest BCUT2D eigenvalue weighted by molar-refractivity contribution is 5.98. The van der Waals surface area contributed by atoms with Gasteiger partial charge in [0.05, 0.1) is 6.42 Å². The number of carbonyl (C=O) groups excluding carboxylic acids is 1. The molecule has 5 nitrogen and oxygen atoms in total. The predicted molar refractivity (Wildman–Crippen MR) is 55.2 cm³/mol. The molecule has 0 aliphatic heterocycles. The van der Waals surface area contributed by atoms with E-state index in [9.17, 15) is 4.79 Å². The number of amidine groups is 1. The minimum absolute atomic E-state index is 0.0634. The minimum Gasteiger partial charge on any atom is -0.409 e. The molecular formula is C9H19N3O2. The SMILES string of the molecule is CCC(C)(CC)NC(=O)CC(N)=NO. The van der Waals surface area contributed by atoms with Gasteiger partial charge in [-0.1, -0.05) is 19.0 Å². The molecule has 0 spiro atoms. The Labute approximate surface area is 84.4 Å². The van der Waals surface area contributed by atoms with Crippen LogP contribution in [0.25, 0.3) is 0 Å². The van der Waals surface area contributed by atoms with Crippen molar-refractivity contribution in [1.82, 2.24) is 5.32 Å². The predicted octanol–water partition coefficient (Wildman–Crippen LogP) is 0.818. The van der Waals surface area contributed by atoms with Crippen molar-refractivity contribution in [2.75, 3.05) is 0 Å². The van der Waals surface area contributed by atoms with E-state index in [4.69, 9.17) is 10.9 Å². The summed E-state index contributed by atoms with van der Waals surface area (Å²) in [6.07, 6.45) is 1.64. The molecule has 0 aliphatic rings. The molecule has 0 rings (SSSR count). The molecule has 0 aromatic heterocycles. The minimum atomic E-state index is -0.216. The summed E-state index contributed by atoms with van der Waals surface area (Å²) >= 11 is 0. The number of carbonyl (C=O) groups is 1. The van der Waals surface area contributed by atoms with Crippen molar-refractivity contribution in [2.45, 2.75) is 45.6 Å². The van der Waals surface area contributed by atoms with Crippen LogP contribution in [0.5, 0.6) is 0 Å².